The molecule has 17 heavy (non-hydrogen) atoms. The topological polar surface area (TPSA) is 24.4 Å². The van der Waals surface area contributed by atoms with Gasteiger partial charge in [-0.25, -0.2) is 0 Å². The molecule has 1 heterocycles. The number of thiophene rings is 1. The molecule has 2 rings (SSSR count). The first-order valence-corrected chi connectivity index (χ1v) is 6.53. The summed E-state index contributed by atoms with van der Waals surface area (Å²) >= 11 is 7.72. The second kappa shape index (κ2) is 5.34. The van der Waals surface area contributed by atoms with Crippen molar-refractivity contribution in [3.63, 3.8) is 0 Å². The van der Waals surface area contributed by atoms with Gasteiger partial charge in [-0.3, -0.25) is 5.43 Å². The molecule has 0 saturated heterocycles. The molecule has 0 saturated carbocycles. The summed E-state index contributed by atoms with van der Waals surface area (Å²) in [6, 6.07) is 9.88. The van der Waals surface area contributed by atoms with E-state index in [0.29, 0.717) is 0 Å². The third-order valence-corrected chi connectivity index (χ3v) is 3.79. The van der Waals surface area contributed by atoms with E-state index in [1.54, 1.807) is 11.3 Å². The third kappa shape index (κ3) is 3.08. The lowest BCUT2D eigenvalue weighted by Crippen LogP contribution is -1.97. The van der Waals surface area contributed by atoms with Crippen LogP contribution in [0.1, 0.15) is 17.4 Å². The number of hydrogen-bond acceptors (Lipinski definition) is 3. The van der Waals surface area contributed by atoms with E-state index in [2.05, 4.69) is 10.5 Å². The Balaban J connectivity index is 2.11. The van der Waals surface area contributed by atoms with E-state index >= 15 is 0 Å². The minimum atomic E-state index is 0.749. The first-order chi connectivity index (χ1) is 8.16. The molecule has 0 bridgehead atoms. The molecule has 0 fully saturated rings. The fraction of sp³-hybridized carbons (Fsp3) is 0.154. The van der Waals surface area contributed by atoms with Crippen molar-refractivity contribution in [2.75, 3.05) is 5.43 Å². The Morgan fingerprint density at radius 2 is 2.18 bits per heavy atom. The summed E-state index contributed by atoms with van der Waals surface area (Å²) in [6.45, 7) is 3.96. The molecule has 1 aromatic heterocycles. The van der Waals surface area contributed by atoms with E-state index in [0.717, 1.165) is 26.9 Å². The molecule has 2 nitrogen and oxygen atoms in total. The Morgan fingerprint density at radius 3 is 2.82 bits per heavy atom. The Labute approximate surface area is 110 Å². The van der Waals surface area contributed by atoms with E-state index in [1.165, 1.54) is 0 Å². The maximum atomic E-state index is 6.04. The van der Waals surface area contributed by atoms with E-state index in [1.807, 2.05) is 49.6 Å². The van der Waals surface area contributed by atoms with Crippen LogP contribution in [0.3, 0.4) is 0 Å². The highest BCUT2D eigenvalue weighted by atomic mass is 35.5. The number of hydrogen-bond donors (Lipinski definition) is 1. The van der Waals surface area contributed by atoms with Crippen molar-refractivity contribution in [2.24, 2.45) is 5.10 Å². The predicted octanol–water partition coefficient (Wildman–Crippen LogP) is 4.55. The zero-order valence-corrected chi connectivity index (χ0v) is 11.3. The standard InChI is InChI=1S/C13H13ClN2S/c1-9-5-6-11(8-12(9)14)16-15-10(2)13-4-3-7-17-13/h3-8,16H,1-2H3/b15-10+. The molecule has 0 radical (unpaired) electrons. The number of halogens is 1. The summed E-state index contributed by atoms with van der Waals surface area (Å²) in [5.74, 6) is 0. The number of nitrogens with one attached hydrogen (secondary N) is 1. The van der Waals surface area contributed by atoms with E-state index in [4.69, 9.17) is 11.6 Å². The van der Waals surface area contributed by atoms with Crippen LogP contribution in [0.25, 0.3) is 0 Å². The lowest BCUT2D eigenvalue weighted by Gasteiger charge is -2.04. The fourth-order valence-corrected chi connectivity index (χ4v) is 2.21. The number of anilines is 1. The molecule has 0 unspecified atom stereocenters. The van der Waals surface area contributed by atoms with Crippen LogP contribution in [-0.2, 0) is 0 Å². The van der Waals surface area contributed by atoms with E-state index in [9.17, 15) is 0 Å². The van der Waals surface area contributed by atoms with Gasteiger partial charge in [-0.05, 0) is 43.0 Å². The highest BCUT2D eigenvalue weighted by Crippen LogP contribution is 2.20. The van der Waals surface area contributed by atoms with Gasteiger partial charge in [0.2, 0.25) is 0 Å². The molecule has 1 aromatic carbocycles. The molecule has 0 atom stereocenters. The summed E-state index contributed by atoms with van der Waals surface area (Å²) in [5.41, 5.74) is 5.95. The van der Waals surface area contributed by atoms with Gasteiger partial charge in [0.15, 0.2) is 0 Å². The van der Waals surface area contributed by atoms with Gasteiger partial charge in [0.1, 0.15) is 0 Å². The third-order valence-electron chi connectivity index (χ3n) is 2.40. The molecule has 0 spiro atoms. The van der Waals surface area contributed by atoms with Crippen LogP contribution in [0.15, 0.2) is 40.8 Å². The van der Waals surface area contributed by atoms with Gasteiger partial charge in [-0.15, -0.1) is 11.3 Å². The quantitative estimate of drug-likeness (QED) is 0.638. The Hall–Kier alpha value is -1.32. The van der Waals surface area contributed by atoms with Crippen LogP contribution in [0.5, 0.6) is 0 Å². The van der Waals surface area contributed by atoms with Crippen molar-refractivity contribution < 1.29 is 0 Å². The molecule has 0 amide bonds. The highest BCUT2D eigenvalue weighted by molar-refractivity contribution is 7.12. The molecule has 4 heteroatoms. The number of rotatable bonds is 3. The first kappa shape index (κ1) is 12.1. The zero-order valence-electron chi connectivity index (χ0n) is 9.70. The maximum Gasteiger partial charge on any atom is 0.0747 e. The van der Waals surface area contributed by atoms with Gasteiger partial charge in [0.25, 0.3) is 0 Å². The second-order valence-electron chi connectivity index (χ2n) is 3.75. The lowest BCUT2D eigenvalue weighted by atomic mass is 10.2. The monoisotopic (exact) mass is 264 g/mol. The van der Waals surface area contributed by atoms with Crippen molar-refractivity contribution in [1.29, 1.82) is 0 Å². The largest absolute Gasteiger partial charge is 0.278 e. The number of aryl methyl sites for hydroxylation is 1. The van der Waals surface area contributed by atoms with Crippen molar-refractivity contribution in [2.45, 2.75) is 13.8 Å². The summed E-state index contributed by atoms with van der Waals surface area (Å²) in [7, 11) is 0. The minimum absolute atomic E-state index is 0.749. The van der Waals surface area contributed by atoms with Crippen LogP contribution in [0, 0.1) is 6.92 Å². The highest BCUT2D eigenvalue weighted by Gasteiger charge is 1.99. The van der Waals surface area contributed by atoms with Crippen LogP contribution in [0.4, 0.5) is 5.69 Å². The Kier molecular flexibility index (Phi) is 3.82. The van der Waals surface area contributed by atoms with E-state index < -0.39 is 0 Å². The Bertz CT molecular complexity index is 532. The molecule has 1 N–H and O–H groups in total. The van der Waals surface area contributed by atoms with Crippen molar-refractivity contribution in [3.05, 3.63) is 51.2 Å². The summed E-state index contributed by atoms with van der Waals surface area (Å²) in [4.78, 5) is 1.16. The normalized spacial score (nSPS) is 11.6. The van der Waals surface area contributed by atoms with Gasteiger partial charge in [0.05, 0.1) is 11.4 Å². The average molecular weight is 265 g/mol. The maximum absolute atomic E-state index is 6.04. The lowest BCUT2D eigenvalue weighted by molar-refractivity contribution is 1.32. The van der Waals surface area contributed by atoms with Crippen molar-refractivity contribution in [3.8, 4) is 0 Å². The van der Waals surface area contributed by atoms with Gasteiger partial charge in [0, 0.05) is 9.90 Å². The molecule has 0 aliphatic rings. The summed E-state index contributed by atoms with van der Waals surface area (Å²) < 4.78 is 0. The van der Waals surface area contributed by atoms with Crippen molar-refractivity contribution >= 4 is 34.3 Å². The van der Waals surface area contributed by atoms with Gasteiger partial charge in [-0.2, -0.15) is 5.10 Å². The number of hydrazone groups is 1. The second-order valence-corrected chi connectivity index (χ2v) is 5.11. The molecule has 88 valence electrons. The fourth-order valence-electron chi connectivity index (χ4n) is 1.35. The van der Waals surface area contributed by atoms with Crippen LogP contribution in [-0.4, -0.2) is 5.71 Å². The molecule has 2 aromatic rings. The van der Waals surface area contributed by atoms with E-state index in [-0.39, 0.29) is 0 Å². The average Bonchev–Trinajstić information content (AvgIpc) is 2.84. The smallest absolute Gasteiger partial charge is 0.0747 e. The zero-order chi connectivity index (χ0) is 12.3. The minimum Gasteiger partial charge on any atom is -0.278 e. The van der Waals surface area contributed by atoms with Gasteiger partial charge in [-0.1, -0.05) is 23.7 Å². The van der Waals surface area contributed by atoms with Crippen molar-refractivity contribution in [1.82, 2.24) is 0 Å². The SMILES string of the molecule is C/C(=N\Nc1ccc(C)c(Cl)c1)c1cccs1. The molecule has 0 aliphatic carbocycles. The number of nitrogens with zero attached hydrogens (tertiary/aromatic N) is 1. The van der Waals surface area contributed by atoms with Gasteiger partial charge < -0.3 is 0 Å². The predicted molar refractivity (Wildman–Crippen MR) is 76.3 cm³/mol. The van der Waals surface area contributed by atoms with Crippen LogP contribution in [0.2, 0.25) is 5.02 Å². The van der Waals surface area contributed by atoms with Crippen LogP contribution < -0.4 is 5.43 Å². The Morgan fingerprint density at radius 1 is 1.35 bits per heavy atom. The van der Waals surface area contributed by atoms with Crippen LogP contribution >= 0.6 is 22.9 Å². The molecule has 0 aliphatic heterocycles. The molecular weight excluding hydrogens is 252 g/mol. The summed E-state index contributed by atoms with van der Waals surface area (Å²) in [5, 5.41) is 7.11. The number of benzene rings is 1. The molecular formula is C13H13ClN2S. The summed E-state index contributed by atoms with van der Waals surface area (Å²) in [6.07, 6.45) is 0. The van der Waals surface area contributed by atoms with Gasteiger partial charge >= 0.3 is 0 Å². The first-order valence-electron chi connectivity index (χ1n) is 5.27.